The summed E-state index contributed by atoms with van der Waals surface area (Å²) < 4.78 is 6.31. The molecule has 0 bridgehead atoms. The number of benzene rings is 1. The molecule has 0 spiro atoms. The van der Waals surface area contributed by atoms with E-state index in [1.807, 2.05) is 24.3 Å². The summed E-state index contributed by atoms with van der Waals surface area (Å²) in [6.07, 6.45) is 1.64. The van der Waals surface area contributed by atoms with Crippen LogP contribution in [0.5, 0.6) is 0 Å². The number of hydrogen-bond donors (Lipinski definition) is 0. The van der Waals surface area contributed by atoms with Crippen LogP contribution in [-0.4, -0.2) is 0 Å². The fourth-order valence-electron chi connectivity index (χ4n) is 1.22. The Labute approximate surface area is 95.3 Å². The summed E-state index contributed by atoms with van der Waals surface area (Å²) in [7, 11) is 0. The molecule has 0 saturated carbocycles. The van der Waals surface area contributed by atoms with Gasteiger partial charge in [-0.15, -0.1) is 0 Å². The first-order valence-electron chi connectivity index (χ1n) is 4.05. The second-order valence-electron chi connectivity index (χ2n) is 2.78. The predicted octanol–water partition coefficient (Wildman–Crippen LogP) is 3.42. The summed E-state index contributed by atoms with van der Waals surface area (Å²) in [6, 6.07) is 11.4. The highest BCUT2D eigenvalue weighted by Crippen LogP contribution is 2.26. The summed E-state index contributed by atoms with van der Waals surface area (Å²) in [5, 5.41) is 8.71. The van der Waals surface area contributed by atoms with E-state index >= 15 is 0 Å². The lowest BCUT2D eigenvalue weighted by Gasteiger charge is -2.00. The van der Waals surface area contributed by atoms with Crippen LogP contribution in [0.4, 0.5) is 0 Å². The lowest BCUT2D eigenvalue weighted by molar-refractivity contribution is 0.582. The first kappa shape index (κ1) is 9.28. The number of nitriles is 1. The molecule has 2 nitrogen and oxygen atoms in total. The molecule has 0 atom stereocenters. The number of rotatable bonds is 1. The van der Waals surface area contributed by atoms with Crippen molar-refractivity contribution >= 4 is 22.6 Å². The van der Waals surface area contributed by atoms with Crippen molar-refractivity contribution < 1.29 is 4.42 Å². The summed E-state index contributed by atoms with van der Waals surface area (Å²) in [5.41, 5.74) is 1.69. The largest absolute Gasteiger partial charge is 0.464 e. The standard InChI is InChI=1S/C11H6INO/c12-10-6-8(7-13)3-4-9(10)11-2-1-5-14-11/h1-6H. The van der Waals surface area contributed by atoms with Gasteiger partial charge in [0, 0.05) is 9.13 Å². The quantitative estimate of drug-likeness (QED) is 0.756. The minimum atomic E-state index is 0.671. The molecule has 0 unspecified atom stereocenters. The number of hydrogen-bond acceptors (Lipinski definition) is 2. The summed E-state index contributed by atoms with van der Waals surface area (Å²) >= 11 is 2.20. The van der Waals surface area contributed by atoms with Crippen LogP contribution in [0.2, 0.25) is 0 Å². The third-order valence-electron chi connectivity index (χ3n) is 1.88. The van der Waals surface area contributed by atoms with Gasteiger partial charge in [0.1, 0.15) is 5.76 Å². The Morgan fingerprint density at radius 3 is 2.71 bits per heavy atom. The van der Waals surface area contributed by atoms with Crippen molar-refractivity contribution in [2.75, 3.05) is 0 Å². The van der Waals surface area contributed by atoms with Gasteiger partial charge in [-0.25, -0.2) is 0 Å². The molecule has 68 valence electrons. The van der Waals surface area contributed by atoms with E-state index in [2.05, 4.69) is 28.7 Å². The van der Waals surface area contributed by atoms with Crippen LogP contribution >= 0.6 is 22.6 Å². The van der Waals surface area contributed by atoms with E-state index in [-0.39, 0.29) is 0 Å². The fourth-order valence-corrected chi connectivity index (χ4v) is 2.00. The van der Waals surface area contributed by atoms with Gasteiger partial charge >= 0.3 is 0 Å². The van der Waals surface area contributed by atoms with Gasteiger partial charge in [-0.2, -0.15) is 5.26 Å². The highest BCUT2D eigenvalue weighted by molar-refractivity contribution is 14.1. The molecule has 0 aliphatic rings. The van der Waals surface area contributed by atoms with Gasteiger partial charge in [-0.1, -0.05) is 0 Å². The minimum absolute atomic E-state index is 0.671. The Kier molecular flexibility index (Phi) is 2.55. The molecule has 0 N–H and O–H groups in total. The van der Waals surface area contributed by atoms with Gasteiger partial charge in [-0.3, -0.25) is 0 Å². The van der Waals surface area contributed by atoms with Crippen LogP contribution < -0.4 is 0 Å². The van der Waals surface area contributed by atoms with Crippen molar-refractivity contribution in [3.05, 3.63) is 45.7 Å². The molecule has 2 aromatic rings. The highest BCUT2D eigenvalue weighted by atomic mass is 127. The Morgan fingerprint density at radius 1 is 1.29 bits per heavy atom. The Bertz CT molecular complexity index is 482. The van der Waals surface area contributed by atoms with Crippen LogP contribution in [0, 0.1) is 14.9 Å². The molecule has 2 rings (SSSR count). The minimum Gasteiger partial charge on any atom is -0.464 e. The molecule has 0 aliphatic carbocycles. The van der Waals surface area contributed by atoms with Crippen LogP contribution in [-0.2, 0) is 0 Å². The number of halogens is 1. The first-order valence-corrected chi connectivity index (χ1v) is 5.12. The Morgan fingerprint density at radius 2 is 2.14 bits per heavy atom. The molecular formula is C11H6INO. The van der Waals surface area contributed by atoms with Gasteiger partial charge in [-0.05, 0) is 52.9 Å². The Balaban J connectivity index is 2.52. The van der Waals surface area contributed by atoms with E-state index in [1.165, 1.54) is 0 Å². The van der Waals surface area contributed by atoms with Crippen molar-refractivity contribution in [2.24, 2.45) is 0 Å². The van der Waals surface area contributed by atoms with Crippen LogP contribution in [0.15, 0.2) is 41.0 Å². The van der Waals surface area contributed by atoms with E-state index in [9.17, 15) is 0 Å². The van der Waals surface area contributed by atoms with Crippen molar-refractivity contribution in [3.8, 4) is 17.4 Å². The maximum Gasteiger partial charge on any atom is 0.134 e. The first-order chi connectivity index (χ1) is 6.81. The number of nitrogens with zero attached hydrogens (tertiary/aromatic N) is 1. The maximum atomic E-state index is 8.71. The van der Waals surface area contributed by atoms with Crippen molar-refractivity contribution in [1.82, 2.24) is 0 Å². The van der Waals surface area contributed by atoms with Crippen molar-refractivity contribution in [2.45, 2.75) is 0 Å². The van der Waals surface area contributed by atoms with Gasteiger partial charge in [0.25, 0.3) is 0 Å². The van der Waals surface area contributed by atoms with Gasteiger partial charge in [0.2, 0.25) is 0 Å². The molecule has 0 radical (unpaired) electrons. The summed E-state index contributed by atoms with van der Waals surface area (Å²) in [6.45, 7) is 0. The van der Waals surface area contributed by atoms with Crippen molar-refractivity contribution in [1.29, 1.82) is 5.26 Å². The molecule has 0 aliphatic heterocycles. The zero-order valence-electron chi connectivity index (χ0n) is 7.20. The molecule has 1 aromatic carbocycles. The van der Waals surface area contributed by atoms with E-state index < -0.39 is 0 Å². The average molecular weight is 295 g/mol. The fraction of sp³-hybridized carbons (Fsp3) is 0. The lowest BCUT2D eigenvalue weighted by Crippen LogP contribution is -1.82. The molecule has 1 aromatic heterocycles. The molecule has 0 saturated heterocycles. The van der Waals surface area contributed by atoms with E-state index in [1.54, 1.807) is 12.3 Å². The highest BCUT2D eigenvalue weighted by Gasteiger charge is 2.05. The summed E-state index contributed by atoms with van der Waals surface area (Å²) in [5.74, 6) is 0.832. The second-order valence-corrected chi connectivity index (χ2v) is 3.95. The molecular weight excluding hydrogens is 289 g/mol. The van der Waals surface area contributed by atoms with Gasteiger partial charge < -0.3 is 4.42 Å². The van der Waals surface area contributed by atoms with Gasteiger partial charge in [0.15, 0.2) is 0 Å². The smallest absolute Gasteiger partial charge is 0.134 e. The topological polar surface area (TPSA) is 36.9 Å². The molecule has 0 fully saturated rings. The maximum absolute atomic E-state index is 8.71. The third-order valence-corrected chi connectivity index (χ3v) is 2.78. The van der Waals surface area contributed by atoms with E-state index in [0.717, 1.165) is 14.9 Å². The average Bonchev–Trinajstić information content (AvgIpc) is 2.70. The van der Waals surface area contributed by atoms with Gasteiger partial charge in [0.05, 0.1) is 17.9 Å². The summed E-state index contributed by atoms with van der Waals surface area (Å²) in [4.78, 5) is 0. The predicted molar refractivity (Wildman–Crippen MR) is 61.6 cm³/mol. The second kappa shape index (κ2) is 3.84. The Hall–Kier alpha value is -1.28. The zero-order chi connectivity index (χ0) is 9.97. The van der Waals surface area contributed by atoms with Crippen LogP contribution in [0.3, 0.4) is 0 Å². The van der Waals surface area contributed by atoms with Crippen molar-refractivity contribution in [3.63, 3.8) is 0 Å². The molecule has 3 heteroatoms. The number of furan rings is 1. The molecule has 14 heavy (non-hydrogen) atoms. The monoisotopic (exact) mass is 295 g/mol. The van der Waals surface area contributed by atoms with E-state index in [0.29, 0.717) is 5.56 Å². The zero-order valence-corrected chi connectivity index (χ0v) is 9.36. The normalized spacial score (nSPS) is 9.71. The van der Waals surface area contributed by atoms with Crippen LogP contribution in [0.25, 0.3) is 11.3 Å². The lowest BCUT2D eigenvalue weighted by atomic mass is 10.1. The molecule has 1 heterocycles. The third kappa shape index (κ3) is 1.66. The SMILES string of the molecule is N#Cc1ccc(-c2ccco2)c(I)c1. The van der Waals surface area contributed by atoms with Crippen LogP contribution in [0.1, 0.15) is 5.56 Å². The molecule has 0 amide bonds. The van der Waals surface area contributed by atoms with E-state index in [4.69, 9.17) is 9.68 Å².